The van der Waals surface area contributed by atoms with Crippen molar-refractivity contribution >= 4 is 0 Å². The topological polar surface area (TPSA) is 51.6 Å². The zero-order chi connectivity index (χ0) is 13.2. The molecule has 1 aliphatic rings. The molecule has 1 N–H and O–H groups in total. The Kier molecular flexibility index (Phi) is 3.09. The molecule has 0 unspecified atom stereocenters. The van der Waals surface area contributed by atoms with E-state index in [2.05, 4.69) is 4.98 Å². The van der Waals surface area contributed by atoms with Gasteiger partial charge in [0, 0.05) is 5.56 Å². The summed E-state index contributed by atoms with van der Waals surface area (Å²) >= 11 is 0. The average molecular weight is 257 g/mol. The van der Waals surface area contributed by atoms with E-state index in [0.717, 1.165) is 22.8 Å². The molecule has 4 nitrogen and oxygen atoms in total. The van der Waals surface area contributed by atoms with Crippen LogP contribution in [-0.2, 0) is 0 Å². The van der Waals surface area contributed by atoms with E-state index in [1.54, 1.807) is 6.92 Å². The van der Waals surface area contributed by atoms with Crippen LogP contribution in [0.3, 0.4) is 0 Å². The van der Waals surface area contributed by atoms with Crippen LogP contribution in [0.4, 0.5) is 0 Å². The highest BCUT2D eigenvalue weighted by molar-refractivity contribution is 5.64. The number of ether oxygens (including phenoxy) is 2. The van der Waals surface area contributed by atoms with Crippen LogP contribution in [0.15, 0.2) is 36.4 Å². The van der Waals surface area contributed by atoms with Gasteiger partial charge in [-0.05, 0) is 37.3 Å². The van der Waals surface area contributed by atoms with Gasteiger partial charge in [-0.25, -0.2) is 0 Å². The highest BCUT2D eigenvalue weighted by Gasteiger charge is 2.13. The van der Waals surface area contributed by atoms with E-state index in [0.29, 0.717) is 18.9 Å². The van der Waals surface area contributed by atoms with Gasteiger partial charge in [0.15, 0.2) is 11.5 Å². The molecule has 2 aromatic rings. The number of aliphatic hydroxyl groups is 1. The Morgan fingerprint density at radius 3 is 2.68 bits per heavy atom. The van der Waals surface area contributed by atoms with E-state index in [9.17, 15) is 5.11 Å². The third-order valence-corrected chi connectivity index (χ3v) is 3.04. The zero-order valence-electron chi connectivity index (χ0n) is 10.7. The summed E-state index contributed by atoms with van der Waals surface area (Å²) in [5.41, 5.74) is 2.43. The molecule has 1 aromatic heterocycles. The summed E-state index contributed by atoms with van der Waals surface area (Å²) in [6.07, 6.45) is -0.572. The molecule has 1 atom stereocenters. The second-order valence-corrected chi connectivity index (χ2v) is 4.48. The van der Waals surface area contributed by atoms with Gasteiger partial charge in [0.2, 0.25) is 0 Å². The summed E-state index contributed by atoms with van der Waals surface area (Å²) in [6.45, 7) is 2.86. The summed E-state index contributed by atoms with van der Waals surface area (Å²) in [5, 5.41) is 9.58. The standard InChI is InChI=1S/C15H15NO3/c1-10(17)12-3-2-4-13(16-12)11-5-6-14-15(9-11)19-8-7-18-14/h2-6,9-10,17H,7-8H2,1H3/t10-/m1/s1. The second-order valence-electron chi connectivity index (χ2n) is 4.48. The molecule has 1 aromatic carbocycles. The lowest BCUT2D eigenvalue weighted by Crippen LogP contribution is -2.15. The van der Waals surface area contributed by atoms with Crippen molar-refractivity contribution in [3.63, 3.8) is 0 Å². The Morgan fingerprint density at radius 1 is 1.11 bits per heavy atom. The molecular weight excluding hydrogens is 242 g/mol. The van der Waals surface area contributed by atoms with Gasteiger partial charge in [-0.1, -0.05) is 6.07 Å². The number of pyridine rings is 1. The van der Waals surface area contributed by atoms with E-state index < -0.39 is 6.10 Å². The molecule has 19 heavy (non-hydrogen) atoms. The third-order valence-electron chi connectivity index (χ3n) is 3.04. The first-order valence-electron chi connectivity index (χ1n) is 6.29. The Hall–Kier alpha value is -2.07. The number of aliphatic hydroxyl groups excluding tert-OH is 1. The fourth-order valence-corrected chi connectivity index (χ4v) is 2.05. The number of hydrogen-bond acceptors (Lipinski definition) is 4. The summed E-state index contributed by atoms with van der Waals surface area (Å²) in [6, 6.07) is 11.4. The lowest BCUT2D eigenvalue weighted by atomic mass is 10.1. The van der Waals surface area contributed by atoms with Crippen LogP contribution in [0.1, 0.15) is 18.7 Å². The molecule has 0 fully saturated rings. The second kappa shape index (κ2) is 4.90. The monoisotopic (exact) mass is 257 g/mol. The van der Waals surface area contributed by atoms with Gasteiger partial charge >= 0.3 is 0 Å². The highest BCUT2D eigenvalue weighted by Crippen LogP contribution is 2.34. The lowest BCUT2D eigenvalue weighted by molar-refractivity contribution is 0.171. The van der Waals surface area contributed by atoms with E-state index >= 15 is 0 Å². The molecule has 0 bridgehead atoms. The number of nitrogens with zero attached hydrogens (tertiary/aromatic N) is 1. The molecule has 0 saturated carbocycles. The minimum atomic E-state index is -0.572. The first-order valence-corrected chi connectivity index (χ1v) is 6.29. The Balaban J connectivity index is 2.00. The van der Waals surface area contributed by atoms with E-state index in [1.165, 1.54) is 0 Å². The van der Waals surface area contributed by atoms with Crippen LogP contribution in [-0.4, -0.2) is 23.3 Å². The van der Waals surface area contributed by atoms with Crippen molar-refractivity contribution in [3.8, 4) is 22.8 Å². The number of fused-ring (bicyclic) bond motifs is 1. The van der Waals surface area contributed by atoms with Gasteiger partial charge < -0.3 is 14.6 Å². The van der Waals surface area contributed by atoms with Crippen LogP contribution in [0.25, 0.3) is 11.3 Å². The molecule has 2 heterocycles. The minimum absolute atomic E-state index is 0.567. The maximum atomic E-state index is 9.58. The van der Waals surface area contributed by atoms with Crippen molar-refractivity contribution in [2.24, 2.45) is 0 Å². The SMILES string of the molecule is C[C@@H](O)c1cccc(-c2ccc3c(c2)OCCO3)n1. The van der Waals surface area contributed by atoms with E-state index in [4.69, 9.17) is 9.47 Å². The molecule has 0 amide bonds. The predicted molar refractivity (Wildman–Crippen MR) is 71.3 cm³/mol. The van der Waals surface area contributed by atoms with Crippen molar-refractivity contribution in [2.75, 3.05) is 13.2 Å². The lowest BCUT2D eigenvalue weighted by Gasteiger charge is -2.18. The smallest absolute Gasteiger partial charge is 0.162 e. The van der Waals surface area contributed by atoms with Crippen LogP contribution in [0.5, 0.6) is 11.5 Å². The largest absolute Gasteiger partial charge is 0.486 e. The van der Waals surface area contributed by atoms with Crippen LogP contribution in [0, 0.1) is 0 Å². The van der Waals surface area contributed by atoms with Crippen LogP contribution < -0.4 is 9.47 Å². The maximum absolute atomic E-state index is 9.58. The average Bonchev–Trinajstić information content (AvgIpc) is 2.47. The van der Waals surface area contributed by atoms with Gasteiger partial charge in [0.25, 0.3) is 0 Å². The maximum Gasteiger partial charge on any atom is 0.162 e. The molecule has 4 heteroatoms. The Morgan fingerprint density at radius 2 is 1.89 bits per heavy atom. The Bertz CT molecular complexity index is 596. The number of rotatable bonds is 2. The molecule has 1 aliphatic heterocycles. The minimum Gasteiger partial charge on any atom is -0.486 e. The van der Waals surface area contributed by atoms with Gasteiger partial charge in [-0.15, -0.1) is 0 Å². The summed E-state index contributed by atoms with van der Waals surface area (Å²) in [4.78, 5) is 4.45. The van der Waals surface area contributed by atoms with Crippen LogP contribution in [0.2, 0.25) is 0 Å². The van der Waals surface area contributed by atoms with Gasteiger partial charge in [0.05, 0.1) is 17.5 Å². The molecule has 0 aliphatic carbocycles. The van der Waals surface area contributed by atoms with Gasteiger partial charge in [-0.3, -0.25) is 4.98 Å². The molecule has 3 rings (SSSR count). The summed E-state index contributed by atoms with van der Waals surface area (Å²) in [7, 11) is 0. The van der Waals surface area contributed by atoms with Crippen molar-refractivity contribution in [1.29, 1.82) is 0 Å². The number of aromatic nitrogens is 1. The highest BCUT2D eigenvalue weighted by atomic mass is 16.6. The molecular formula is C15H15NO3. The van der Waals surface area contributed by atoms with Crippen molar-refractivity contribution in [2.45, 2.75) is 13.0 Å². The first kappa shape index (κ1) is 12.0. The van der Waals surface area contributed by atoms with Crippen molar-refractivity contribution in [3.05, 3.63) is 42.1 Å². The Labute approximate surface area is 111 Å². The van der Waals surface area contributed by atoms with Gasteiger partial charge in [-0.2, -0.15) is 0 Å². The predicted octanol–water partition coefficient (Wildman–Crippen LogP) is 2.57. The normalized spacial score (nSPS) is 15.1. The van der Waals surface area contributed by atoms with E-state index in [-0.39, 0.29) is 0 Å². The summed E-state index contributed by atoms with van der Waals surface area (Å²) < 4.78 is 11.1. The van der Waals surface area contributed by atoms with Crippen molar-refractivity contribution in [1.82, 2.24) is 4.98 Å². The summed E-state index contributed by atoms with van der Waals surface area (Å²) in [5.74, 6) is 1.51. The molecule has 0 spiro atoms. The number of benzene rings is 1. The molecule has 98 valence electrons. The zero-order valence-corrected chi connectivity index (χ0v) is 10.7. The fourth-order valence-electron chi connectivity index (χ4n) is 2.05. The number of hydrogen-bond donors (Lipinski definition) is 1. The fraction of sp³-hybridized carbons (Fsp3) is 0.267. The van der Waals surface area contributed by atoms with Crippen LogP contribution >= 0.6 is 0 Å². The third kappa shape index (κ3) is 2.39. The first-order chi connectivity index (χ1) is 9.24. The van der Waals surface area contributed by atoms with Gasteiger partial charge in [0.1, 0.15) is 13.2 Å². The van der Waals surface area contributed by atoms with E-state index in [1.807, 2.05) is 36.4 Å². The molecule has 0 saturated heterocycles. The van der Waals surface area contributed by atoms with Crippen molar-refractivity contribution < 1.29 is 14.6 Å². The molecule has 0 radical (unpaired) electrons. The quantitative estimate of drug-likeness (QED) is 0.898.